The van der Waals surface area contributed by atoms with Crippen LogP contribution >= 0.6 is 0 Å². The van der Waals surface area contributed by atoms with Crippen LogP contribution in [0.2, 0.25) is 0 Å². The molecule has 0 atom stereocenters. The molecule has 0 saturated carbocycles. The van der Waals surface area contributed by atoms with Crippen molar-refractivity contribution >= 4 is 12.4 Å². The van der Waals surface area contributed by atoms with Crippen molar-refractivity contribution in [3.05, 3.63) is 107 Å². The monoisotopic (exact) mass is 840 g/mol. The Bertz CT molecular complexity index is 1740. The topological polar surface area (TPSA) is 146 Å². The normalized spacial score (nSPS) is 17.6. The van der Waals surface area contributed by atoms with Crippen LogP contribution in [-0.2, 0) is 32.0 Å². The molecular weight excluding hydrogens is 781 g/mol. The molecule has 0 bridgehead atoms. The van der Waals surface area contributed by atoms with Gasteiger partial charge in [-0.25, -0.2) is 0 Å². The third-order valence-electron chi connectivity index (χ3n) is 9.88. The largest absolute Gasteiger partial charge is 0.507 e. The predicted molar refractivity (Wildman–Crippen MR) is 234 cm³/mol. The molecule has 0 spiro atoms. The third-order valence-corrected chi connectivity index (χ3v) is 9.88. The molecule has 0 amide bonds. The minimum Gasteiger partial charge on any atom is -0.507 e. The number of para-hydroxylation sites is 4. The molecule has 0 saturated heterocycles. The highest BCUT2D eigenvalue weighted by Crippen LogP contribution is 2.27. The van der Waals surface area contributed by atoms with Gasteiger partial charge in [-0.1, -0.05) is 36.4 Å². The number of hydrogen-bond donors (Lipinski definition) is 2. The van der Waals surface area contributed by atoms with Gasteiger partial charge >= 0.3 is 0 Å². The molecular formula is C47H60N4O10. The van der Waals surface area contributed by atoms with E-state index in [9.17, 15) is 10.2 Å². The molecule has 14 heteroatoms. The van der Waals surface area contributed by atoms with E-state index in [1.807, 2.05) is 72.8 Å². The van der Waals surface area contributed by atoms with Crippen molar-refractivity contribution in [3.63, 3.8) is 0 Å². The summed E-state index contributed by atoms with van der Waals surface area (Å²) in [5, 5.41) is 21.2. The highest BCUT2D eigenvalue weighted by molar-refractivity contribution is 5.84. The SMILES string of the molecule is Oc1ccc(CN2CCOCCOc3ccccc3OCCOCC2)cc1C=NCCCN=Cc1cc(CN2CCOCCOc3ccccc3OCCOCC2)ccc1O. The van der Waals surface area contributed by atoms with E-state index in [1.54, 1.807) is 24.6 Å². The molecule has 61 heavy (non-hydrogen) atoms. The number of aromatic hydroxyl groups is 2. The summed E-state index contributed by atoms with van der Waals surface area (Å²) in [4.78, 5) is 13.7. The highest BCUT2D eigenvalue weighted by Gasteiger charge is 2.13. The second kappa shape index (κ2) is 26.2. The van der Waals surface area contributed by atoms with Gasteiger partial charge in [-0.15, -0.1) is 0 Å². The molecule has 0 fully saturated rings. The Labute approximate surface area is 359 Å². The lowest BCUT2D eigenvalue weighted by atomic mass is 10.1. The van der Waals surface area contributed by atoms with Crippen molar-refractivity contribution in [1.82, 2.24) is 9.80 Å². The van der Waals surface area contributed by atoms with Crippen molar-refractivity contribution in [2.45, 2.75) is 19.5 Å². The van der Waals surface area contributed by atoms with Gasteiger partial charge in [0.05, 0.1) is 52.9 Å². The number of aliphatic imine (C=N–C) groups is 2. The van der Waals surface area contributed by atoms with Crippen LogP contribution < -0.4 is 18.9 Å². The zero-order valence-corrected chi connectivity index (χ0v) is 35.0. The number of ether oxygens (including phenoxy) is 8. The van der Waals surface area contributed by atoms with Crippen molar-refractivity contribution in [2.24, 2.45) is 9.98 Å². The maximum absolute atomic E-state index is 10.6. The maximum atomic E-state index is 10.6. The Morgan fingerprint density at radius 3 is 1.13 bits per heavy atom. The van der Waals surface area contributed by atoms with Crippen LogP contribution in [0.25, 0.3) is 0 Å². The molecule has 0 unspecified atom stereocenters. The van der Waals surface area contributed by atoms with Gasteiger partial charge in [0.1, 0.15) is 37.9 Å². The van der Waals surface area contributed by atoms with Crippen LogP contribution in [-0.4, -0.2) is 151 Å². The number of fused-ring (bicyclic) bond motifs is 2. The van der Waals surface area contributed by atoms with Gasteiger partial charge in [0, 0.05) is 75.9 Å². The number of hydrogen-bond acceptors (Lipinski definition) is 14. The predicted octanol–water partition coefficient (Wildman–Crippen LogP) is 5.64. The maximum Gasteiger partial charge on any atom is 0.161 e. The van der Waals surface area contributed by atoms with E-state index in [1.165, 1.54) is 0 Å². The molecule has 0 radical (unpaired) electrons. The van der Waals surface area contributed by atoms with Crippen molar-refractivity contribution in [3.8, 4) is 34.5 Å². The van der Waals surface area contributed by atoms with E-state index in [-0.39, 0.29) is 11.5 Å². The molecule has 2 aliphatic rings. The Kier molecular flexibility index (Phi) is 19.5. The first-order valence-electron chi connectivity index (χ1n) is 21.2. The zero-order valence-electron chi connectivity index (χ0n) is 35.0. The second-order valence-corrected chi connectivity index (χ2v) is 14.5. The van der Waals surface area contributed by atoms with Crippen molar-refractivity contribution in [1.29, 1.82) is 0 Å². The summed E-state index contributed by atoms with van der Waals surface area (Å²) in [6.07, 6.45) is 4.14. The molecule has 0 aliphatic carbocycles. The van der Waals surface area contributed by atoms with Gasteiger partial charge in [-0.3, -0.25) is 19.8 Å². The molecule has 6 rings (SSSR count). The molecule has 2 heterocycles. The summed E-state index contributed by atoms with van der Waals surface area (Å²) in [7, 11) is 0. The van der Waals surface area contributed by atoms with Gasteiger partial charge < -0.3 is 48.1 Å². The molecule has 2 N–H and O–H groups in total. The number of phenolic OH excluding ortho intramolecular Hbond substituents is 2. The minimum atomic E-state index is 0.176. The Morgan fingerprint density at radius 2 is 0.787 bits per heavy atom. The van der Waals surface area contributed by atoms with E-state index in [0.717, 1.165) is 37.3 Å². The lowest BCUT2D eigenvalue weighted by molar-refractivity contribution is 0.0574. The van der Waals surface area contributed by atoms with Gasteiger partial charge in [-0.2, -0.15) is 0 Å². The van der Waals surface area contributed by atoms with Crippen LogP contribution in [0.3, 0.4) is 0 Å². The van der Waals surface area contributed by atoms with E-state index in [4.69, 9.17) is 37.9 Å². The first kappa shape index (κ1) is 45.3. The molecule has 0 aromatic heterocycles. The van der Waals surface area contributed by atoms with Gasteiger partial charge in [-0.05, 0) is 66.1 Å². The Morgan fingerprint density at radius 1 is 0.443 bits per heavy atom. The first-order valence-corrected chi connectivity index (χ1v) is 21.2. The first-order chi connectivity index (χ1) is 30.1. The lowest BCUT2D eigenvalue weighted by Crippen LogP contribution is -2.31. The van der Waals surface area contributed by atoms with Crippen LogP contribution in [0.15, 0.2) is 94.9 Å². The fourth-order valence-electron chi connectivity index (χ4n) is 6.65. The van der Waals surface area contributed by atoms with Crippen molar-refractivity contribution in [2.75, 3.05) is 119 Å². The fourth-order valence-corrected chi connectivity index (χ4v) is 6.65. The van der Waals surface area contributed by atoms with E-state index < -0.39 is 0 Å². The van der Waals surface area contributed by atoms with Crippen LogP contribution in [0.4, 0.5) is 0 Å². The van der Waals surface area contributed by atoms with Crippen molar-refractivity contribution < 1.29 is 48.1 Å². The zero-order chi connectivity index (χ0) is 42.2. The molecule has 14 nitrogen and oxygen atoms in total. The van der Waals surface area contributed by atoms with Gasteiger partial charge in [0.15, 0.2) is 23.0 Å². The number of nitrogens with zero attached hydrogens (tertiary/aromatic N) is 4. The smallest absolute Gasteiger partial charge is 0.161 e. The second-order valence-electron chi connectivity index (χ2n) is 14.5. The molecule has 4 aromatic rings. The molecule has 2 aliphatic heterocycles. The average molecular weight is 841 g/mol. The minimum absolute atomic E-state index is 0.176. The Hall–Kier alpha value is -5.22. The van der Waals surface area contributed by atoms with Crippen LogP contribution in [0.1, 0.15) is 28.7 Å². The third kappa shape index (κ3) is 16.3. The number of benzene rings is 4. The highest BCUT2D eigenvalue weighted by atomic mass is 16.6. The summed E-state index contributed by atoms with van der Waals surface area (Å²) in [6.45, 7) is 11.1. The molecule has 328 valence electrons. The number of phenols is 2. The average Bonchev–Trinajstić information content (AvgIpc) is 3.28. The number of rotatable bonds is 10. The summed E-state index contributed by atoms with van der Waals surface area (Å²) < 4.78 is 47.0. The standard InChI is InChI=1S/C47H60N4O10/c52-42-12-10-38(36-50-16-20-54-24-28-58-44-6-1-2-7-45(44)59-29-25-55-21-17-50)32-40(42)34-48-14-5-15-49-35-41-33-39(11-13-43(41)53)37-51-18-22-56-26-30-60-46-8-3-4-9-47(46)61-31-27-57-23-19-51/h1-4,6-13,32-35,52-53H,5,14-31,36-37H2. The summed E-state index contributed by atoms with van der Waals surface area (Å²) in [6, 6.07) is 26.5. The van der Waals surface area contributed by atoms with Crippen LogP contribution in [0.5, 0.6) is 34.5 Å². The summed E-state index contributed by atoms with van der Waals surface area (Å²) in [5.41, 5.74) is 3.42. The quantitative estimate of drug-likeness (QED) is 0.151. The summed E-state index contributed by atoms with van der Waals surface area (Å²) in [5.74, 6) is 3.14. The summed E-state index contributed by atoms with van der Waals surface area (Å²) >= 11 is 0. The van der Waals surface area contributed by atoms with E-state index in [2.05, 4.69) is 19.8 Å². The van der Waals surface area contributed by atoms with E-state index in [0.29, 0.717) is 146 Å². The van der Waals surface area contributed by atoms with Gasteiger partial charge in [0.2, 0.25) is 0 Å². The fraction of sp³-hybridized carbons (Fsp3) is 0.447. The lowest BCUT2D eigenvalue weighted by Gasteiger charge is -2.22. The van der Waals surface area contributed by atoms with Crippen LogP contribution in [0, 0.1) is 0 Å². The Balaban J connectivity index is 0.930. The van der Waals surface area contributed by atoms with E-state index >= 15 is 0 Å². The van der Waals surface area contributed by atoms with Gasteiger partial charge in [0.25, 0.3) is 0 Å². The molecule has 4 aromatic carbocycles.